The molecule has 1 saturated heterocycles. The standard InChI is InChI=1S/C16H28N4O2/c1-13(11-20-10-6-8-17-20)18-14-7-5-9-19(12-14)15(21)22-16(2,3)4/h6,8,10,13-14,18H,5,7,9,11-12H2,1-4H3/t13-,14-/m0/s1. The van der Waals surface area contributed by atoms with Crippen LogP contribution in [0, 0.1) is 0 Å². The molecule has 0 aliphatic carbocycles. The molecule has 1 aliphatic heterocycles. The Bertz CT molecular complexity index is 467. The largest absolute Gasteiger partial charge is 0.444 e. The molecule has 22 heavy (non-hydrogen) atoms. The molecule has 1 fully saturated rings. The number of carbonyl (C=O) groups is 1. The highest BCUT2D eigenvalue weighted by Gasteiger charge is 2.28. The number of nitrogens with zero attached hydrogens (tertiary/aromatic N) is 3. The molecule has 2 rings (SSSR count). The lowest BCUT2D eigenvalue weighted by atomic mass is 10.1. The molecule has 1 amide bonds. The fourth-order valence-corrected chi connectivity index (χ4v) is 2.75. The highest BCUT2D eigenvalue weighted by atomic mass is 16.6. The molecule has 0 spiro atoms. The number of amides is 1. The van der Waals surface area contributed by atoms with Crippen molar-refractivity contribution in [3.63, 3.8) is 0 Å². The van der Waals surface area contributed by atoms with E-state index in [1.807, 2.05) is 42.6 Å². The van der Waals surface area contributed by atoms with E-state index in [1.54, 1.807) is 6.20 Å². The van der Waals surface area contributed by atoms with Gasteiger partial charge in [0, 0.05) is 37.6 Å². The second kappa shape index (κ2) is 7.13. The van der Waals surface area contributed by atoms with Crippen LogP contribution in [0.3, 0.4) is 0 Å². The van der Waals surface area contributed by atoms with Crippen molar-refractivity contribution in [1.82, 2.24) is 20.0 Å². The van der Waals surface area contributed by atoms with E-state index in [1.165, 1.54) is 0 Å². The summed E-state index contributed by atoms with van der Waals surface area (Å²) in [5, 5.41) is 7.82. The van der Waals surface area contributed by atoms with E-state index in [4.69, 9.17) is 4.74 Å². The summed E-state index contributed by atoms with van der Waals surface area (Å²) in [4.78, 5) is 14.0. The van der Waals surface area contributed by atoms with Gasteiger partial charge in [0.2, 0.25) is 0 Å². The molecule has 0 aromatic carbocycles. The van der Waals surface area contributed by atoms with Crippen molar-refractivity contribution in [2.75, 3.05) is 13.1 Å². The molecule has 0 bridgehead atoms. The van der Waals surface area contributed by atoms with Gasteiger partial charge in [-0.25, -0.2) is 4.79 Å². The topological polar surface area (TPSA) is 59.4 Å². The summed E-state index contributed by atoms with van der Waals surface area (Å²) in [5.74, 6) is 0. The van der Waals surface area contributed by atoms with Crippen LogP contribution in [0.5, 0.6) is 0 Å². The first-order valence-electron chi connectivity index (χ1n) is 8.05. The predicted octanol–water partition coefficient (Wildman–Crippen LogP) is 2.26. The minimum atomic E-state index is -0.440. The molecule has 2 heterocycles. The van der Waals surface area contributed by atoms with Gasteiger partial charge in [-0.05, 0) is 46.6 Å². The van der Waals surface area contributed by atoms with Crippen molar-refractivity contribution in [1.29, 1.82) is 0 Å². The van der Waals surface area contributed by atoms with Gasteiger partial charge < -0.3 is 15.0 Å². The average Bonchev–Trinajstić information content (AvgIpc) is 2.89. The number of likely N-dealkylation sites (tertiary alicyclic amines) is 1. The van der Waals surface area contributed by atoms with E-state index in [-0.39, 0.29) is 6.09 Å². The zero-order valence-corrected chi connectivity index (χ0v) is 14.1. The van der Waals surface area contributed by atoms with Crippen LogP contribution in [0.2, 0.25) is 0 Å². The Morgan fingerprint density at radius 1 is 1.50 bits per heavy atom. The number of rotatable bonds is 4. The smallest absolute Gasteiger partial charge is 0.410 e. The zero-order valence-electron chi connectivity index (χ0n) is 14.1. The maximum absolute atomic E-state index is 12.2. The molecule has 0 radical (unpaired) electrons. The number of hydrogen-bond donors (Lipinski definition) is 1. The third-order valence-corrected chi connectivity index (χ3v) is 3.61. The lowest BCUT2D eigenvalue weighted by Crippen LogP contribution is -2.51. The van der Waals surface area contributed by atoms with E-state index < -0.39 is 5.60 Å². The van der Waals surface area contributed by atoms with Crippen LogP contribution in [0.1, 0.15) is 40.5 Å². The summed E-state index contributed by atoms with van der Waals surface area (Å²) in [6, 6.07) is 2.55. The van der Waals surface area contributed by atoms with Gasteiger partial charge in [0.05, 0.1) is 6.54 Å². The molecular formula is C16H28N4O2. The van der Waals surface area contributed by atoms with Gasteiger partial charge in [-0.15, -0.1) is 0 Å². The highest BCUT2D eigenvalue weighted by Crippen LogP contribution is 2.15. The van der Waals surface area contributed by atoms with Gasteiger partial charge in [0.1, 0.15) is 5.60 Å². The summed E-state index contributed by atoms with van der Waals surface area (Å²) in [6.45, 7) is 10.2. The van der Waals surface area contributed by atoms with E-state index in [0.717, 1.165) is 25.9 Å². The van der Waals surface area contributed by atoms with Crippen LogP contribution in [0.15, 0.2) is 18.5 Å². The molecule has 124 valence electrons. The zero-order chi connectivity index (χ0) is 16.2. The van der Waals surface area contributed by atoms with Crippen LogP contribution in [-0.4, -0.2) is 51.5 Å². The second-order valence-electron chi connectivity index (χ2n) is 7.06. The molecule has 0 saturated carbocycles. The molecule has 0 unspecified atom stereocenters. The van der Waals surface area contributed by atoms with Gasteiger partial charge in [0.15, 0.2) is 0 Å². The summed E-state index contributed by atoms with van der Waals surface area (Å²) >= 11 is 0. The average molecular weight is 308 g/mol. The maximum atomic E-state index is 12.2. The Morgan fingerprint density at radius 3 is 2.91 bits per heavy atom. The number of nitrogens with one attached hydrogen (secondary N) is 1. The number of ether oxygens (including phenoxy) is 1. The normalized spacial score (nSPS) is 20.7. The molecule has 6 heteroatoms. The van der Waals surface area contributed by atoms with Crippen molar-refractivity contribution >= 4 is 6.09 Å². The molecular weight excluding hydrogens is 280 g/mol. The number of hydrogen-bond acceptors (Lipinski definition) is 4. The summed E-state index contributed by atoms with van der Waals surface area (Å²) < 4.78 is 7.38. The Morgan fingerprint density at radius 2 is 2.27 bits per heavy atom. The molecule has 2 atom stereocenters. The molecule has 1 aromatic heterocycles. The minimum Gasteiger partial charge on any atom is -0.444 e. The summed E-state index contributed by atoms with van der Waals surface area (Å²) in [6.07, 6.45) is 5.64. The SMILES string of the molecule is C[C@@H](Cn1cccn1)N[C@H]1CCCN(C(=O)OC(C)(C)C)C1. The number of piperidine rings is 1. The first kappa shape index (κ1) is 16.8. The highest BCUT2D eigenvalue weighted by molar-refractivity contribution is 5.68. The number of aromatic nitrogens is 2. The Balaban J connectivity index is 1.81. The third kappa shape index (κ3) is 5.33. The Labute approximate surface area is 132 Å². The fraction of sp³-hybridized carbons (Fsp3) is 0.750. The van der Waals surface area contributed by atoms with E-state index in [2.05, 4.69) is 17.3 Å². The second-order valence-corrected chi connectivity index (χ2v) is 7.06. The predicted molar refractivity (Wildman–Crippen MR) is 85.7 cm³/mol. The van der Waals surface area contributed by atoms with Crippen LogP contribution < -0.4 is 5.32 Å². The van der Waals surface area contributed by atoms with Gasteiger partial charge in [0.25, 0.3) is 0 Å². The van der Waals surface area contributed by atoms with Crippen molar-refractivity contribution in [2.45, 2.75) is 64.8 Å². The lowest BCUT2D eigenvalue weighted by molar-refractivity contribution is 0.0183. The van der Waals surface area contributed by atoms with Crippen molar-refractivity contribution in [2.24, 2.45) is 0 Å². The summed E-state index contributed by atoms with van der Waals surface area (Å²) in [7, 11) is 0. The van der Waals surface area contributed by atoms with Crippen molar-refractivity contribution in [3.8, 4) is 0 Å². The van der Waals surface area contributed by atoms with Gasteiger partial charge in [-0.3, -0.25) is 4.68 Å². The first-order valence-corrected chi connectivity index (χ1v) is 8.05. The Kier molecular flexibility index (Phi) is 5.45. The van der Waals surface area contributed by atoms with Crippen LogP contribution in [0.25, 0.3) is 0 Å². The van der Waals surface area contributed by atoms with Gasteiger partial charge >= 0.3 is 6.09 Å². The maximum Gasteiger partial charge on any atom is 0.410 e. The lowest BCUT2D eigenvalue weighted by Gasteiger charge is -2.35. The Hall–Kier alpha value is -1.56. The van der Waals surface area contributed by atoms with Gasteiger partial charge in [-0.2, -0.15) is 5.10 Å². The van der Waals surface area contributed by atoms with Crippen LogP contribution in [0.4, 0.5) is 4.79 Å². The summed E-state index contributed by atoms with van der Waals surface area (Å²) in [5.41, 5.74) is -0.440. The molecule has 6 nitrogen and oxygen atoms in total. The number of carbonyl (C=O) groups excluding carboxylic acids is 1. The van der Waals surface area contributed by atoms with E-state index in [9.17, 15) is 4.79 Å². The van der Waals surface area contributed by atoms with Crippen LogP contribution in [-0.2, 0) is 11.3 Å². The molecule has 1 N–H and O–H groups in total. The van der Waals surface area contributed by atoms with Gasteiger partial charge in [-0.1, -0.05) is 0 Å². The first-order chi connectivity index (χ1) is 10.3. The monoisotopic (exact) mass is 308 g/mol. The third-order valence-electron chi connectivity index (χ3n) is 3.61. The minimum absolute atomic E-state index is 0.210. The van der Waals surface area contributed by atoms with Crippen LogP contribution >= 0.6 is 0 Å². The molecule has 1 aliphatic rings. The van der Waals surface area contributed by atoms with Crippen molar-refractivity contribution in [3.05, 3.63) is 18.5 Å². The van der Waals surface area contributed by atoms with E-state index in [0.29, 0.717) is 18.6 Å². The van der Waals surface area contributed by atoms with E-state index >= 15 is 0 Å². The van der Waals surface area contributed by atoms with Crippen molar-refractivity contribution < 1.29 is 9.53 Å². The quantitative estimate of drug-likeness (QED) is 0.927. The molecule has 1 aromatic rings. The fourth-order valence-electron chi connectivity index (χ4n) is 2.75.